The number of anilines is 1. The van der Waals surface area contributed by atoms with Crippen molar-refractivity contribution >= 4 is 39.9 Å². The molecule has 2 aromatic rings. The van der Waals surface area contributed by atoms with Gasteiger partial charge in [-0.25, -0.2) is 0 Å². The molecule has 0 radical (unpaired) electrons. The zero-order valence-electron chi connectivity index (χ0n) is 9.86. The number of benzene rings is 2. The molecule has 2 rings (SSSR count). The largest absolute Gasteiger partial charge is 0.486 e. The average molecular weight is 385 g/mol. The molecule has 0 atom stereocenters. The maximum Gasteiger partial charge on any atom is 0.156 e. The van der Waals surface area contributed by atoms with E-state index in [0.717, 1.165) is 9.13 Å². The van der Waals surface area contributed by atoms with Crippen LogP contribution in [-0.2, 0) is 6.61 Å². The van der Waals surface area contributed by atoms with Gasteiger partial charge in [-0.05, 0) is 52.4 Å². The van der Waals surface area contributed by atoms with Crippen molar-refractivity contribution in [2.24, 2.45) is 0 Å². The van der Waals surface area contributed by atoms with Crippen molar-refractivity contribution in [1.29, 1.82) is 5.26 Å². The van der Waals surface area contributed by atoms with E-state index in [2.05, 4.69) is 28.7 Å². The van der Waals surface area contributed by atoms with Crippen molar-refractivity contribution in [1.82, 2.24) is 0 Å². The Balaban J connectivity index is 2.16. The fraction of sp³-hybridized carbons (Fsp3) is 0.0714. The molecule has 0 amide bonds. The average Bonchev–Trinajstić information content (AvgIpc) is 2.39. The molecular formula is C14H10ClIN2O. The normalized spacial score (nSPS) is 9.95. The zero-order valence-corrected chi connectivity index (χ0v) is 12.8. The van der Waals surface area contributed by atoms with E-state index in [1.54, 1.807) is 12.1 Å². The molecule has 0 aromatic heterocycles. The first-order valence-corrected chi connectivity index (χ1v) is 6.92. The van der Waals surface area contributed by atoms with Crippen LogP contribution in [0, 0.1) is 14.9 Å². The van der Waals surface area contributed by atoms with Gasteiger partial charge >= 0.3 is 0 Å². The van der Waals surface area contributed by atoms with Gasteiger partial charge in [-0.3, -0.25) is 0 Å². The Bertz CT molecular complexity index is 612. The van der Waals surface area contributed by atoms with Gasteiger partial charge < -0.3 is 10.5 Å². The van der Waals surface area contributed by atoms with Crippen LogP contribution in [0.1, 0.15) is 11.1 Å². The summed E-state index contributed by atoms with van der Waals surface area (Å²) in [6, 6.07) is 12.8. The number of ether oxygens (including phenoxy) is 1. The van der Waals surface area contributed by atoms with Crippen LogP contribution < -0.4 is 10.5 Å². The molecule has 3 nitrogen and oxygen atoms in total. The lowest BCUT2D eigenvalue weighted by Gasteiger charge is -2.11. The second-order valence-electron chi connectivity index (χ2n) is 3.90. The van der Waals surface area contributed by atoms with Gasteiger partial charge in [0.1, 0.15) is 6.61 Å². The van der Waals surface area contributed by atoms with Gasteiger partial charge in [0, 0.05) is 5.02 Å². The molecule has 0 bridgehead atoms. The molecule has 0 saturated heterocycles. The van der Waals surface area contributed by atoms with E-state index in [9.17, 15) is 0 Å². The minimum atomic E-state index is 0.406. The Hall–Kier alpha value is -1.45. The lowest BCUT2D eigenvalue weighted by Crippen LogP contribution is -2.01. The van der Waals surface area contributed by atoms with Crippen molar-refractivity contribution in [3.8, 4) is 11.8 Å². The molecule has 0 heterocycles. The van der Waals surface area contributed by atoms with Crippen molar-refractivity contribution in [3.05, 3.63) is 56.1 Å². The number of rotatable bonds is 3. The number of hydrogen-bond donors (Lipinski definition) is 1. The molecular weight excluding hydrogens is 375 g/mol. The van der Waals surface area contributed by atoms with E-state index in [0.29, 0.717) is 28.6 Å². The Morgan fingerprint density at radius 1 is 1.26 bits per heavy atom. The maximum absolute atomic E-state index is 8.85. The summed E-state index contributed by atoms with van der Waals surface area (Å²) < 4.78 is 6.53. The second kappa shape index (κ2) is 6.13. The summed E-state index contributed by atoms with van der Waals surface area (Å²) in [6.45, 7) is 0.406. The van der Waals surface area contributed by atoms with Crippen molar-refractivity contribution in [3.63, 3.8) is 0 Å². The van der Waals surface area contributed by atoms with Crippen LogP contribution in [-0.4, -0.2) is 0 Å². The van der Waals surface area contributed by atoms with Crippen molar-refractivity contribution in [2.45, 2.75) is 6.61 Å². The number of nitrogens with zero attached hydrogens (tertiary/aromatic N) is 1. The van der Waals surface area contributed by atoms with E-state index in [1.807, 2.05) is 24.3 Å². The minimum Gasteiger partial charge on any atom is -0.486 e. The summed E-state index contributed by atoms with van der Waals surface area (Å²) >= 11 is 7.93. The summed E-state index contributed by atoms with van der Waals surface area (Å²) in [5.74, 6) is 0.606. The van der Waals surface area contributed by atoms with Gasteiger partial charge in [0.15, 0.2) is 5.75 Å². The Morgan fingerprint density at radius 3 is 2.53 bits per heavy atom. The van der Waals surface area contributed by atoms with Gasteiger partial charge in [0.25, 0.3) is 0 Å². The zero-order chi connectivity index (χ0) is 13.8. The topological polar surface area (TPSA) is 59.0 Å². The molecule has 2 N–H and O–H groups in total. The predicted octanol–water partition coefficient (Wildman–Crippen LogP) is 3.98. The third kappa shape index (κ3) is 3.52. The van der Waals surface area contributed by atoms with Crippen LogP contribution in [0.5, 0.6) is 5.75 Å². The van der Waals surface area contributed by atoms with E-state index in [1.165, 1.54) is 0 Å². The first-order valence-electron chi connectivity index (χ1n) is 5.46. The van der Waals surface area contributed by atoms with Gasteiger partial charge in [-0.2, -0.15) is 5.26 Å². The van der Waals surface area contributed by atoms with Gasteiger partial charge in [0.2, 0.25) is 0 Å². The molecule has 0 aliphatic rings. The van der Waals surface area contributed by atoms with E-state index >= 15 is 0 Å². The van der Waals surface area contributed by atoms with E-state index in [-0.39, 0.29) is 0 Å². The number of halogens is 2. The van der Waals surface area contributed by atoms with Crippen LogP contribution in [0.4, 0.5) is 5.69 Å². The highest BCUT2D eigenvalue weighted by Gasteiger charge is 2.08. The number of nitrogens with two attached hydrogens (primary N) is 1. The SMILES string of the molecule is N#Cc1cc(N)c(OCc2ccc(Cl)cc2)c(I)c1. The smallest absolute Gasteiger partial charge is 0.156 e. The van der Waals surface area contributed by atoms with E-state index in [4.69, 9.17) is 27.3 Å². The molecule has 19 heavy (non-hydrogen) atoms. The number of nitriles is 1. The minimum absolute atomic E-state index is 0.406. The summed E-state index contributed by atoms with van der Waals surface area (Å²) in [7, 11) is 0. The van der Waals surface area contributed by atoms with Crippen LogP contribution in [0.25, 0.3) is 0 Å². The second-order valence-corrected chi connectivity index (χ2v) is 5.50. The van der Waals surface area contributed by atoms with Crippen molar-refractivity contribution in [2.75, 3.05) is 5.73 Å². The van der Waals surface area contributed by atoms with Gasteiger partial charge in [0.05, 0.1) is 20.9 Å². The number of nitrogen functional groups attached to an aromatic ring is 1. The molecule has 5 heteroatoms. The van der Waals surface area contributed by atoms with Crippen LogP contribution in [0.2, 0.25) is 5.02 Å². The number of hydrogen-bond acceptors (Lipinski definition) is 3. The molecule has 2 aromatic carbocycles. The molecule has 0 unspecified atom stereocenters. The first-order chi connectivity index (χ1) is 9.10. The lowest BCUT2D eigenvalue weighted by atomic mass is 10.2. The van der Waals surface area contributed by atoms with Crippen LogP contribution in [0.3, 0.4) is 0 Å². The lowest BCUT2D eigenvalue weighted by molar-refractivity contribution is 0.306. The fourth-order valence-electron chi connectivity index (χ4n) is 1.57. The first kappa shape index (κ1) is 14.0. The van der Waals surface area contributed by atoms with Crippen LogP contribution in [0.15, 0.2) is 36.4 Å². The van der Waals surface area contributed by atoms with E-state index < -0.39 is 0 Å². The van der Waals surface area contributed by atoms with Gasteiger partial charge in [-0.1, -0.05) is 23.7 Å². The highest BCUT2D eigenvalue weighted by Crippen LogP contribution is 2.30. The molecule has 0 fully saturated rings. The molecule has 96 valence electrons. The predicted molar refractivity (Wildman–Crippen MR) is 84.1 cm³/mol. The summed E-state index contributed by atoms with van der Waals surface area (Å²) in [5.41, 5.74) is 7.89. The standard InChI is InChI=1S/C14H10ClIN2O/c15-11-3-1-9(2-4-11)8-19-14-12(16)5-10(7-17)6-13(14)18/h1-6H,8,18H2. The quantitative estimate of drug-likeness (QED) is 0.643. The fourth-order valence-corrected chi connectivity index (χ4v) is 2.50. The Labute approximate surface area is 130 Å². The monoisotopic (exact) mass is 384 g/mol. The highest BCUT2D eigenvalue weighted by atomic mass is 127. The summed E-state index contributed by atoms with van der Waals surface area (Å²) in [5, 5.41) is 9.54. The summed E-state index contributed by atoms with van der Waals surface area (Å²) in [4.78, 5) is 0. The molecule has 0 aliphatic heterocycles. The van der Waals surface area contributed by atoms with Crippen LogP contribution >= 0.6 is 34.2 Å². The molecule has 0 saturated carbocycles. The highest BCUT2D eigenvalue weighted by molar-refractivity contribution is 14.1. The van der Waals surface area contributed by atoms with Crippen molar-refractivity contribution < 1.29 is 4.74 Å². The summed E-state index contributed by atoms with van der Waals surface area (Å²) in [6.07, 6.45) is 0. The molecule has 0 spiro atoms. The third-order valence-electron chi connectivity index (χ3n) is 2.50. The third-order valence-corrected chi connectivity index (χ3v) is 3.55. The molecule has 0 aliphatic carbocycles. The Kier molecular flexibility index (Phi) is 4.51. The maximum atomic E-state index is 8.85. The Morgan fingerprint density at radius 2 is 1.95 bits per heavy atom. The van der Waals surface area contributed by atoms with Gasteiger partial charge in [-0.15, -0.1) is 0 Å².